The fourth-order valence-electron chi connectivity index (χ4n) is 3.22. The van der Waals surface area contributed by atoms with Gasteiger partial charge in [-0.15, -0.1) is 0 Å². The number of nitrogens with zero attached hydrogens (tertiary/aromatic N) is 1. The normalized spacial score (nSPS) is 12.1. The molecule has 196 valence electrons. The molecule has 2 aromatic carbocycles. The molecule has 1 atom stereocenters. The topological polar surface area (TPSA) is 55.0 Å². The highest BCUT2D eigenvalue weighted by Crippen LogP contribution is 2.27. The summed E-state index contributed by atoms with van der Waals surface area (Å²) in [5.74, 6) is 0.364. The number of carbonyl (C=O) groups excluding carboxylic acids is 1. The Morgan fingerprint density at radius 1 is 1.00 bits per heavy atom. The summed E-state index contributed by atoms with van der Waals surface area (Å²) in [7, 11) is 0. The van der Waals surface area contributed by atoms with Gasteiger partial charge in [0.1, 0.15) is 5.60 Å². The molecule has 1 N–H and O–H groups in total. The van der Waals surface area contributed by atoms with Crippen molar-refractivity contribution in [3.8, 4) is 0 Å². The van der Waals surface area contributed by atoms with E-state index in [9.17, 15) is 4.79 Å². The van der Waals surface area contributed by atoms with Crippen molar-refractivity contribution < 1.29 is 9.53 Å². The number of ether oxygens (including phenoxy) is 1. The number of aryl methyl sites for hydroxylation is 2. The predicted molar refractivity (Wildman–Crippen MR) is 153 cm³/mol. The molecular weight excluding hydrogens is 444 g/mol. The number of aromatic nitrogens is 2. The van der Waals surface area contributed by atoms with Crippen LogP contribution in [0.2, 0.25) is 0 Å². The lowest BCUT2D eigenvalue weighted by Gasteiger charge is -2.20. The van der Waals surface area contributed by atoms with E-state index in [0.29, 0.717) is 5.92 Å². The minimum atomic E-state index is -0.346. The van der Waals surface area contributed by atoms with E-state index in [1.807, 2.05) is 52.8 Å². The van der Waals surface area contributed by atoms with Crippen LogP contribution in [0.4, 0.5) is 0 Å². The molecule has 3 aromatic rings. The molecule has 0 aliphatic carbocycles. The van der Waals surface area contributed by atoms with E-state index in [-0.39, 0.29) is 17.5 Å². The van der Waals surface area contributed by atoms with Crippen LogP contribution in [0.1, 0.15) is 95.8 Å². The summed E-state index contributed by atoms with van der Waals surface area (Å²) in [6, 6.07) is 20.9. The van der Waals surface area contributed by atoms with Crippen molar-refractivity contribution in [2.75, 3.05) is 0 Å². The molecule has 0 aliphatic heterocycles. The maximum Gasteiger partial charge on any atom is 0.308 e. The van der Waals surface area contributed by atoms with Crippen molar-refractivity contribution in [3.63, 3.8) is 0 Å². The molecule has 0 fully saturated rings. The molecule has 0 bridgehead atoms. The summed E-state index contributed by atoms with van der Waals surface area (Å²) >= 11 is 0. The van der Waals surface area contributed by atoms with Gasteiger partial charge in [-0.1, -0.05) is 93.9 Å². The first-order valence-electron chi connectivity index (χ1n) is 12.9. The highest BCUT2D eigenvalue weighted by Gasteiger charge is 2.18. The monoisotopic (exact) mass is 490 g/mol. The third-order valence-corrected chi connectivity index (χ3v) is 5.56. The molecule has 0 radical (unpaired) electrons. The highest BCUT2D eigenvalue weighted by molar-refractivity contribution is 5.79. The van der Waals surface area contributed by atoms with Crippen LogP contribution >= 0.6 is 0 Å². The van der Waals surface area contributed by atoms with Gasteiger partial charge >= 0.3 is 5.97 Å². The zero-order valence-corrected chi connectivity index (χ0v) is 24.0. The van der Waals surface area contributed by atoms with Gasteiger partial charge in [-0.05, 0) is 71.1 Å². The van der Waals surface area contributed by atoms with Gasteiger partial charge in [0, 0.05) is 11.3 Å². The summed E-state index contributed by atoms with van der Waals surface area (Å²) in [4.78, 5) is 10.9. The number of benzene rings is 2. The second-order valence-electron chi connectivity index (χ2n) is 10.4. The first-order valence-corrected chi connectivity index (χ1v) is 12.9. The summed E-state index contributed by atoms with van der Waals surface area (Å²) in [6.45, 7) is 20.0. The van der Waals surface area contributed by atoms with Crippen molar-refractivity contribution in [3.05, 3.63) is 94.8 Å². The quantitative estimate of drug-likeness (QED) is 0.364. The van der Waals surface area contributed by atoms with Crippen molar-refractivity contribution in [2.24, 2.45) is 5.92 Å². The minimum absolute atomic E-state index is 0.0285. The Bertz CT molecular complexity index is 1070. The van der Waals surface area contributed by atoms with E-state index in [1.165, 1.54) is 28.0 Å². The Kier molecular flexibility index (Phi) is 12.9. The largest absolute Gasteiger partial charge is 0.460 e. The number of rotatable bonds is 5. The van der Waals surface area contributed by atoms with Gasteiger partial charge in [0.05, 0.1) is 11.6 Å². The third kappa shape index (κ3) is 11.1. The molecular formula is C32H46N2O2. The Hall–Kier alpha value is -3.14. The summed E-state index contributed by atoms with van der Waals surface area (Å²) in [5, 5.41) is 7.65. The summed E-state index contributed by atoms with van der Waals surface area (Å²) < 4.78 is 5.06. The first kappa shape index (κ1) is 30.9. The lowest BCUT2D eigenvalue weighted by molar-refractivity contribution is -0.158. The Balaban J connectivity index is 0.000000318. The van der Waals surface area contributed by atoms with Gasteiger partial charge in [-0.2, -0.15) is 5.10 Å². The fourth-order valence-corrected chi connectivity index (χ4v) is 3.22. The number of nitrogens with one attached hydrogen (secondary N) is 1. The lowest BCUT2D eigenvalue weighted by Crippen LogP contribution is -2.26. The molecule has 1 heterocycles. The van der Waals surface area contributed by atoms with Crippen molar-refractivity contribution >= 4 is 11.5 Å². The molecule has 0 spiro atoms. The van der Waals surface area contributed by atoms with E-state index in [4.69, 9.17) is 4.74 Å². The lowest BCUT2D eigenvalue weighted by atomic mass is 9.97. The molecule has 4 heteroatoms. The number of hydrogen-bond acceptors (Lipinski definition) is 3. The van der Waals surface area contributed by atoms with Gasteiger partial charge in [-0.25, -0.2) is 0 Å². The van der Waals surface area contributed by atoms with E-state index < -0.39 is 0 Å². The summed E-state index contributed by atoms with van der Waals surface area (Å²) in [6.07, 6.45) is 3.26. The third-order valence-electron chi connectivity index (χ3n) is 5.56. The van der Waals surface area contributed by atoms with Gasteiger partial charge in [-0.3, -0.25) is 9.89 Å². The van der Waals surface area contributed by atoms with Crippen LogP contribution in [0.5, 0.6) is 0 Å². The molecule has 36 heavy (non-hydrogen) atoms. The average Bonchev–Trinajstić information content (AvgIpc) is 3.30. The number of allylic oxidation sites excluding steroid dienone is 1. The van der Waals surface area contributed by atoms with Crippen LogP contribution < -0.4 is 0 Å². The molecule has 1 unspecified atom stereocenters. The molecule has 3 rings (SSSR count). The second kappa shape index (κ2) is 15.1. The number of hydrogen-bond donors (Lipinski definition) is 1. The molecule has 0 amide bonds. The van der Waals surface area contributed by atoms with E-state index in [2.05, 4.69) is 93.4 Å². The number of H-pyrrole nitrogens is 1. The maximum absolute atomic E-state index is 10.9. The van der Waals surface area contributed by atoms with E-state index in [1.54, 1.807) is 0 Å². The molecule has 1 aromatic heterocycles. The van der Waals surface area contributed by atoms with Crippen molar-refractivity contribution in [1.29, 1.82) is 0 Å². The highest BCUT2D eigenvalue weighted by atomic mass is 16.6. The standard InChI is InChI=1S/C17H22N2.C8H16O2.C7H8/c1-5-12(3)16-11-17(19-18-16)14(6-2)15-10-8-7-9-13(15)4;1-6(2)7(9)10-8(3,4)5;1-7-5-3-2-4-6-7/h6-12H,5H2,1-4H3,(H,18,19);6H,1-5H3;2-6H,1H3/b14-6+;;. The van der Waals surface area contributed by atoms with E-state index in [0.717, 1.165) is 12.1 Å². The zero-order chi connectivity index (χ0) is 27.3. The van der Waals surface area contributed by atoms with Crippen LogP contribution in [0.25, 0.3) is 5.57 Å². The minimum Gasteiger partial charge on any atom is -0.460 e. The Labute approximate surface area is 219 Å². The van der Waals surface area contributed by atoms with Gasteiger partial charge in [0.25, 0.3) is 0 Å². The second-order valence-corrected chi connectivity index (χ2v) is 10.4. The van der Waals surface area contributed by atoms with Crippen LogP contribution in [0, 0.1) is 19.8 Å². The number of esters is 1. The van der Waals surface area contributed by atoms with E-state index >= 15 is 0 Å². The average molecular weight is 491 g/mol. The van der Waals surface area contributed by atoms with Crippen LogP contribution in [-0.4, -0.2) is 21.8 Å². The van der Waals surface area contributed by atoms with Crippen molar-refractivity contribution in [1.82, 2.24) is 10.2 Å². The van der Waals surface area contributed by atoms with Gasteiger partial charge in [0.15, 0.2) is 0 Å². The molecule has 4 nitrogen and oxygen atoms in total. The smallest absolute Gasteiger partial charge is 0.308 e. The zero-order valence-electron chi connectivity index (χ0n) is 24.0. The van der Waals surface area contributed by atoms with Crippen LogP contribution in [0.15, 0.2) is 66.7 Å². The molecule has 0 saturated carbocycles. The molecule has 0 aliphatic rings. The fraction of sp³-hybridized carbons (Fsp3) is 0.438. The van der Waals surface area contributed by atoms with Crippen LogP contribution in [-0.2, 0) is 9.53 Å². The van der Waals surface area contributed by atoms with Gasteiger partial charge < -0.3 is 4.74 Å². The SMILES string of the molecule is C/C=C(/c1cc(C(C)CC)[nH]n1)c1ccccc1C.CC(C)C(=O)OC(C)(C)C.Cc1ccccc1. The summed E-state index contributed by atoms with van der Waals surface area (Å²) in [5.41, 5.74) is 6.96. The van der Waals surface area contributed by atoms with Crippen molar-refractivity contribution in [2.45, 2.75) is 87.2 Å². The molecule has 0 saturated heterocycles. The predicted octanol–water partition coefficient (Wildman–Crippen LogP) is 8.66. The first-order chi connectivity index (χ1) is 16.9. The number of carbonyl (C=O) groups is 1. The Morgan fingerprint density at radius 3 is 2.00 bits per heavy atom. The van der Waals surface area contributed by atoms with Gasteiger partial charge in [0.2, 0.25) is 0 Å². The van der Waals surface area contributed by atoms with Crippen LogP contribution in [0.3, 0.4) is 0 Å². The number of aromatic amines is 1. The Morgan fingerprint density at radius 2 is 1.58 bits per heavy atom. The maximum atomic E-state index is 10.9.